The molecule has 0 spiro atoms. The first-order valence-electron chi connectivity index (χ1n) is 8.52. The van der Waals surface area contributed by atoms with Gasteiger partial charge in [0.05, 0.1) is 0 Å². The number of carbonyl (C=O) groups is 1. The molecule has 3 nitrogen and oxygen atoms in total. The fraction of sp³-hybridized carbons (Fsp3) is 0.632. The van der Waals surface area contributed by atoms with Crippen LogP contribution in [0.25, 0.3) is 0 Å². The van der Waals surface area contributed by atoms with Crippen molar-refractivity contribution in [1.82, 2.24) is 10.2 Å². The number of nitrogens with one attached hydrogen (secondary N) is 1. The number of hydrogen-bond acceptors (Lipinski definition) is 2. The van der Waals surface area contributed by atoms with Crippen LogP contribution in [0.5, 0.6) is 0 Å². The Morgan fingerprint density at radius 1 is 1.18 bits per heavy atom. The molecule has 1 aromatic carbocycles. The molecule has 3 heteroatoms. The normalized spacial score (nSPS) is 22.8. The molecule has 1 N–H and O–H groups in total. The molecule has 2 rings (SSSR count). The molecule has 1 saturated heterocycles. The molecule has 1 aliphatic rings. The summed E-state index contributed by atoms with van der Waals surface area (Å²) >= 11 is 0. The Hall–Kier alpha value is -1.35. The molecular weight excluding hydrogens is 272 g/mol. The van der Waals surface area contributed by atoms with Crippen molar-refractivity contribution in [2.24, 2.45) is 17.8 Å². The number of likely N-dealkylation sites (tertiary alicyclic amines) is 1. The van der Waals surface area contributed by atoms with Gasteiger partial charge in [0.25, 0.3) is 0 Å². The van der Waals surface area contributed by atoms with Crippen molar-refractivity contribution >= 4 is 5.91 Å². The van der Waals surface area contributed by atoms with E-state index in [4.69, 9.17) is 0 Å². The van der Waals surface area contributed by atoms with Gasteiger partial charge in [-0.05, 0) is 29.4 Å². The van der Waals surface area contributed by atoms with Gasteiger partial charge in [-0.2, -0.15) is 0 Å². The molecule has 0 aliphatic carbocycles. The summed E-state index contributed by atoms with van der Waals surface area (Å²) in [6, 6.07) is 8.48. The molecule has 0 aromatic heterocycles. The van der Waals surface area contributed by atoms with Gasteiger partial charge in [0, 0.05) is 32.1 Å². The summed E-state index contributed by atoms with van der Waals surface area (Å²) in [6.07, 6.45) is 1.34. The summed E-state index contributed by atoms with van der Waals surface area (Å²) in [6.45, 7) is 12.5. The van der Waals surface area contributed by atoms with Crippen LogP contribution in [0, 0.1) is 17.8 Å². The van der Waals surface area contributed by atoms with Gasteiger partial charge >= 0.3 is 0 Å². The fourth-order valence-electron chi connectivity index (χ4n) is 3.43. The largest absolute Gasteiger partial charge is 0.352 e. The summed E-state index contributed by atoms with van der Waals surface area (Å²) in [7, 11) is 0. The van der Waals surface area contributed by atoms with Crippen molar-refractivity contribution in [3.8, 4) is 0 Å². The Morgan fingerprint density at radius 2 is 1.77 bits per heavy atom. The Labute approximate surface area is 135 Å². The molecule has 0 unspecified atom stereocenters. The van der Waals surface area contributed by atoms with Crippen molar-refractivity contribution in [2.75, 3.05) is 13.1 Å². The summed E-state index contributed by atoms with van der Waals surface area (Å²) in [5, 5.41) is 3.04. The van der Waals surface area contributed by atoms with E-state index in [0.29, 0.717) is 6.54 Å². The second-order valence-electron chi connectivity index (χ2n) is 7.28. The Balaban J connectivity index is 2.00. The maximum Gasteiger partial charge on any atom is 0.222 e. The van der Waals surface area contributed by atoms with Crippen molar-refractivity contribution in [3.63, 3.8) is 0 Å². The van der Waals surface area contributed by atoms with E-state index in [1.54, 1.807) is 0 Å². The highest BCUT2D eigenvalue weighted by Crippen LogP contribution is 2.23. The van der Waals surface area contributed by atoms with E-state index in [1.807, 2.05) is 13.8 Å². The van der Waals surface area contributed by atoms with Crippen LogP contribution in [0.1, 0.15) is 45.2 Å². The second kappa shape index (κ2) is 7.77. The summed E-state index contributed by atoms with van der Waals surface area (Å²) in [5.74, 6) is 1.71. The van der Waals surface area contributed by atoms with Crippen LogP contribution in [-0.4, -0.2) is 23.9 Å². The second-order valence-corrected chi connectivity index (χ2v) is 7.28. The molecular formula is C19H30N2O. The molecule has 1 amide bonds. The van der Waals surface area contributed by atoms with Crippen LogP contribution >= 0.6 is 0 Å². The van der Waals surface area contributed by atoms with E-state index in [-0.39, 0.29) is 11.8 Å². The van der Waals surface area contributed by atoms with Crippen LogP contribution in [0.15, 0.2) is 24.3 Å². The van der Waals surface area contributed by atoms with Crippen LogP contribution in [-0.2, 0) is 17.9 Å². The molecule has 0 radical (unpaired) electrons. The number of piperidine rings is 1. The molecule has 1 fully saturated rings. The number of nitrogens with zero attached hydrogens (tertiary/aromatic N) is 1. The van der Waals surface area contributed by atoms with Crippen molar-refractivity contribution in [2.45, 2.75) is 47.2 Å². The smallest absolute Gasteiger partial charge is 0.222 e. The molecule has 1 aromatic rings. The molecule has 0 saturated carbocycles. The van der Waals surface area contributed by atoms with E-state index in [0.717, 1.165) is 18.4 Å². The highest BCUT2D eigenvalue weighted by Gasteiger charge is 2.22. The van der Waals surface area contributed by atoms with Crippen LogP contribution in [0.3, 0.4) is 0 Å². The van der Waals surface area contributed by atoms with Crippen LogP contribution in [0.2, 0.25) is 0 Å². The van der Waals surface area contributed by atoms with Gasteiger partial charge in [0.2, 0.25) is 5.91 Å². The van der Waals surface area contributed by atoms with E-state index in [1.165, 1.54) is 30.6 Å². The van der Waals surface area contributed by atoms with Crippen molar-refractivity contribution in [1.29, 1.82) is 0 Å². The van der Waals surface area contributed by atoms with Gasteiger partial charge in [-0.25, -0.2) is 0 Å². The van der Waals surface area contributed by atoms with Gasteiger partial charge in [-0.1, -0.05) is 52.0 Å². The van der Waals surface area contributed by atoms with Crippen LogP contribution < -0.4 is 5.32 Å². The first-order chi connectivity index (χ1) is 10.5. The zero-order valence-corrected chi connectivity index (χ0v) is 14.4. The maximum absolute atomic E-state index is 11.8. The molecule has 22 heavy (non-hydrogen) atoms. The number of amides is 1. The first kappa shape index (κ1) is 17.0. The lowest BCUT2D eigenvalue weighted by Gasteiger charge is -2.35. The van der Waals surface area contributed by atoms with Crippen molar-refractivity contribution < 1.29 is 4.79 Å². The number of benzene rings is 1. The van der Waals surface area contributed by atoms with E-state index >= 15 is 0 Å². The molecule has 2 atom stereocenters. The van der Waals surface area contributed by atoms with Crippen molar-refractivity contribution in [3.05, 3.63) is 35.4 Å². The average molecular weight is 302 g/mol. The van der Waals surface area contributed by atoms with Gasteiger partial charge in [0.15, 0.2) is 0 Å². The molecule has 0 bridgehead atoms. The monoisotopic (exact) mass is 302 g/mol. The predicted molar refractivity (Wildman–Crippen MR) is 91.3 cm³/mol. The van der Waals surface area contributed by atoms with E-state index < -0.39 is 0 Å². The lowest BCUT2D eigenvalue weighted by Crippen LogP contribution is -2.38. The molecule has 122 valence electrons. The average Bonchev–Trinajstić information content (AvgIpc) is 2.44. The predicted octanol–water partition coefficient (Wildman–Crippen LogP) is 3.44. The minimum atomic E-state index is 0.0379. The zero-order chi connectivity index (χ0) is 16.1. The Bertz CT molecular complexity index is 488. The van der Waals surface area contributed by atoms with Crippen LogP contribution in [0.4, 0.5) is 0 Å². The van der Waals surface area contributed by atoms with E-state index in [2.05, 4.69) is 48.3 Å². The third-order valence-corrected chi connectivity index (χ3v) is 4.43. The topological polar surface area (TPSA) is 32.3 Å². The quantitative estimate of drug-likeness (QED) is 0.903. The number of rotatable bonds is 5. The summed E-state index contributed by atoms with van der Waals surface area (Å²) in [4.78, 5) is 14.3. The third-order valence-electron chi connectivity index (χ3n) is 4.43. The maximum atomic E-state index is 11.8. The minimum absolute atomic E-state index is 0.0379. The Morgan fingerprint density at radius 3 is 2.36 bits per heavy atom. The fourth-order valence-corrected chi connectivity index (χ4v) is 3.43. The van der Waals surface area contributed by atoms with Gasteiger partial charge < -0.3 is 5.32 Å². The highest BCUT2D eigenvalue weighted by molar-refractivity contribution is 5.77. The SMILES string of the molecule is CC(C)C(=O)NCc1ccccc1CN1C[C@H](C)C[C@H](C)C1. The summed E-state index contributed by atoms with van der Waals surface area (Å²) in [5.41, 5.74) is 2.58. The Kier molecular flexibility index (Phi) is 6.01. The number of carbonyl (C=O) groups excluding carboxylic acids is 1. The third kappa shape index (κ3) is 4.84. The molecule has 1 heterocycles. The van der Waals surface area contributed by atoms with Gasteiger partial charge in [0.1, 0.15) is 0 Å². The number of hydrogen-bond donors (Lipinski definition) is 1. The lowest BCUT2D eigenvalue weighted by atomic mass is 9.91. The summed E-state index contributed by atoms with van der Waals surface area (Å²) < 4.78 is 0. The highest BCUT2D eigenvalue weighted by atomic mass is 16.1. The zero-order valence-electron chi connectivity index (χ0n) is 14.4. The minimum Gasteiger partial charge on any atom is -0.352 e. The standard InChI is InChI=1S/C19H30N2O/c1-14(2)19(22)20-10-17-7-5-6-8-18(17)13-21-11-15(3)9-16(4)12-21/h5-8,14-16H,9-13H2,1-4H3,(H,20,22)/t15-,16+. The van der Waals surface area contributed by atoms with Gasteiger partial charge in [-0.15, -0.1) is 0 Å². The first-order valence-corrected chi connectivity index (χ1v) is 8.52. The van der Waals surface area contributed by atoms with Gasteiger partial charge in [-0.3, -0.25) is 9.69 Å². The molecule has 1 aliphatic heterocycles. The lowest BCUT2D eigenvalue weighted by molar-refractivity contribution is -0.124. The van der Waals surface area contributed by atoms with E-state index in [9.17, 15) is 4.79 Å².